The summed E-state index contributed by atoms with van der Waals surface area (Å²) < 4.78 is 13.9. The monoisotopic (exact) mass is 162 g/mol. The molecule has 1 nitrogen and oxygen atoms in total. The minimum absolute atomic E-state index is 0.327. The summed E-state index contributed by atoms with van der Waals surface area (Å²) >= 11 is 0. The number of aryl methyl sites for hydroxylation is 1. The number of rotatable bonds is 2. The molecule has 1 radical (unpaired) electrons. The smallest absolute Gasteiger partial charge is 0.107 e. The fourth-order valence-corrected chi connectivity index (χ4v) is 1.34. The lowest BCUT2D eigenvalue weighted by Gasteiger charge is -1.99. The van der Waals surface area contributed by atoms with Crippen molar-refractivity contribution in [1.82, 2.24) is 4.57 Å². The molecule has 1 aromatic carbocycles. The summed E-state index contributed by atoms with van der Waals surface area (Å²) in [6.07, 6.45) is 1.80. The summed E-state index contributed by atoms with van der Waals surface area (Å²) in [7, 11) is 0. The molecule has 1 aromatic heterocycles. The highest BCUT2D eigenvalue weighted by molar-refractivity contribution is 5.79. The molecule has 0 aliphatic rings. The Morgan fingerprint density at radius 1 is 1.33 bits per heavy atom. The van der Waals surface area contributed by atoms with Crippen LogP contribution in [0.5, 0.6) is 0 Å². The van der Waals surface area contributed by atoms with Gasteiger partial charge < -0.3 is 4.57 Å². The lowest BCUT2D eigenvalue weighted by molar-refractivity contribution is 0.451. The third-order valence-electron chi connectivity index (χ3n) is 1.91. The topological polar surface area (TPSA) is 4.93 Å². The first-order chi connectivity index (χ1) is 5.92. The molecule has 12 heavy (non-hydrogen) atoms. The summed E-state index contributed by atoms with van der Waals surface area (Å²) in [5, 5.41) is 1.05. The van der Waals surface area contributed by atoms with Crippen LogP contribution in [0.1, 0.15) is 0 Å². The molecule has 1 heterocycles. The Morgan fingerprint density at radius 3 is 3.00 bits per heavy atom. The largest absolute Gasteiger partial charge is 0.344 e. The summed E-state index contributed by atoms with van der Waals surface area (Å²) in [4.78, 5) is 0. The lowest BCUT2D eigenvalue weighted by atomic mass is 10.2. The molecule has 0 saturated heterocycles. The zero-order valence-corrected chi connectivity index (χ0v) is 6.63. The molecule has 0 atom stereocenters. The van der Waals surface area contributed by atoms with E-state index in [0.29, 0.717) is 6.54 Å². The number of nitrogens with zero attached hydrogens (tertiary/aromatic N) is 1. The van der Waals surface area contributed by atoms with Gasteiger partial charge in [0.1, 0.15) is 6.67 Å². The van der Waals surface area contributed by atoms with Gasteiger partial charge in [-0.25, -0.2) is 4.39 Å². The number of alkyl halides is 1. The van der Waals surface area contributed by atoms with Gasteiger partial charge in [-0.1, -0.05) is 18.2 Å². The summed E-state index contributed by atoms with van der Waals surface area (Å²) in [5.74, 6) is 0. The molecule has 2 rings (SSSR count). The van der Waals surface area contributed by atoms with Gasteiger partial charge in [-0.3, -0.25) is 0 Å². The van der Waals surface area contributed by atoms with Crippen LogP contribution >= 0.6 is 0 Å². The molecule has 0 spiro atoms. The molecule has 0 bridgehead atoms. The summed E-state index contributed by atoms with van der Waals surface area (Å²) in [6.45, 7) is 0.0938. The van der Waals surface area contributed by atoms with Crippen molar-refractivity contribution in [2.75, 3.05) is 6.67 Å². The molecule has 0 aliphatic heterocycles. The van der Waals surface area contributed by atoms with E-state index >= 15 is 0 Å². The second-order valence-electron chi connectivity index (χ2n) is 2.67. The Balaban J connectivity index is 2.55. The number of benzene rings is 1. The van der Waals surface area contributed by atoms with Crippen LogP contribution in [-0.4, -0.2) is 11.2 Å². The first-order valence-corrected chi connectivity index (χ1v) is 3.93. The third-order valence-corrected chi connectivity index (χ3v) is 1.91. The van der Waals surface area contributed by atoms with Crippen molar-refractivity contribution in [2.24, 2.45) is 0 Å². The minimum Gasteiger partial charge on any atom is -0.344 e. The molecule has 0 N–H and O–H groups in total. The molecule has 0 unspecified atom stereocenters. The zero-order valence-electron chi connectivity index (χ0n) is 6.63. The van der Waals surface area contributed by atoms with Crippen molar-refractivity contribution in [3.8, 4) is 0 Å². The van der Waals surface area contributed by atoms with Crippen molar-refractivity contribution >= 4 is 10.9 Å². The van der Waals surface area contributed by atoms with Crippen molar-refractivity contribution in [3.05, 3.63) is 36.5 Å². The molecule has 2 aromatic rings. The van der Waals surface area contributed by atoms with E-state index in [9.17, 15) is 4.39 Å². The molecular weight excluding hydrogens is 153 g/mol. The van der Waals surface area contributed by atoms with E-state index in [2.05, 4.69) is 6.07 Å². The predicted octanol–water partition coefficient (Wildman–Crippen LogP) is 2.41. The minimum atomic E-state index is -0.327. The van der Waals surface area contributed by atoms with Crippen LogP contribution in [-0.2, 0) is 6.54 Å². The highest BCUT2D eigenvalue weighted by Gasteiger charge is 1.98. The first-order valence-electron chi connectivity index (χ1n) is 3.93. The maximum absolute atomic E-state index is 12.0. The Bertz CT molecular complexity index is 378. The van der Waals surface area contributed by atoms with E-state index in [-0.39, 0.29) is 6.67 Å². The van der Waals surface area contributed by atoms with Gasteiger partial charge in [0.05, 0.1) is 6.54 Å². The molecule has 2 heteroatoms. The van der Waals surface area contributed by atoms with Crippen LogP contribution in [0.4, 0.5) is 4.39 Å². The van der Waals surface area contributed by atoms with Gasteiger partial charge >= 0.3 is 0 Å². The number of halogens is 1. The van der Waals surface area contributed by atoms with Gasteiger partial charge in [-0.15, -0.1) is 0 Å². The Kier molecular flexibility index (Phi) is 1.82. The molecule has 61 valence electrons. The SMILES string of the molecule is FCCn1c[c]c2ccccc21. The Morgan fingerprint density at radius 2 is 2.17 bits per heavy atom. The average Bonchev–Trinajstić information content (AvgIpc) is 2.50. The second-order valence-corrected chi connectivity index (χ2v) is 2.67. The zero-order chi connectivity index (χ0) is 8.39. The average molecular weight is 162 g/mol. The fourth-order valence-electron chi connectivity index (χ4n) is 1.34. The van der Waals surface area contributed by atoms with Crippen molar-refractivity contribution < 1.29 is 4.39 Å². The van der Waals surface area contributed by atoms with Crippen molar-refractivity contribution in [3.63, 3.8) is 0 Å². The normalized spacial score (nSPS) is 10.8. The van der Waals surface area contributed by atoms with Gasteiger partial charge in [-0.05, 0) is 6.07 Å². The van der Waals surface area contributed by atoms with Gasteiger partial charge in [-0.2, -0.15) is 0 Å². The van der Waals surface area contributed by atoms with E-state index in [1.807, 2.05) is 28.8 Å². The number of para-hydroxylation sites is 1. The van der Waals surface area contributed by atoms with Gasteiger partial charge in [0.15, 0.2) is 0 Å². The van der Waals surface area contributed by atoms with Crippen molar-refractivity contribution in [2.45, 2.75) is 6.54 Å². The molecule has 0 fully saturated rings. The van der Waals surface area contributed by atoms with Crippen molar-refractivity contribution in [1.29, 1.82) is 0 Å². The van der Waals surface area contributed by atoms with Crippen LogP contribution in [0.3, 0.4) is 0 Å². The highest BCUT2D eigenvalue weighted by atomic mass is 19.1. The summed E-state index contributed by atoms with van der Waals surface area (Å²) in [5.41, 5.74) is 1.05. The van der Waals surface area contributed by atoms with Crippen LogP contribution in [0.2, 0.25) is 0 Å². The van der Waals surface area contributed by atoms with Gasteiger partial charge in [0, 0.05) is 23.2 Å². The van der Waals surface area contributed by atoms with E-state index in [1.165, 1.54) is 0 Å². The molecule has 0 amide bonds. The standard InChI is InChI=1S/C10H9FN/c11-6-8-12-7-5-9-3-1-2-4-10(9)12/h1-4,7H,6,8H2. The van der Waals surface area contributed by atoms with Crippen LogP contribution in [0.15, 0.2) is 30.5 Å². The summed E-state index contributed by atoms with van der Waals surface area (Å²) in [6, 6.07) is 10.9. The number of hydrogen-bond donors (Lipinski definition) is 0. The van der Waals surface area contributed by atoms with Crippen LogP contribution in [0.25, 0.3) is 10.9 Å². The molecule has 0 aliphatic carbocycles. The molecule has 0 saturated carbocycles. The van der Waals surface area contributed by atoms with E-state index in [4.69, 9.17) is 0 Å². The first kappa shape index (κ1) is 7.35. The van der Waals surface area contributed by atoms with E-state index < -0.39 is 0 Å². The van der Waals surface area contributed by atoms with Crippen LogP contribution < -0.4 is 0 Å². The second kappa shape index (κ2) is 2.97. The van der Waals surface area contributed by atoms with E-state index in [1.54, 1.807) is 6.20 Å². The highest BCUT2D eigenvalue weighted by Crippen LogP contribution is 2.13. The predicted molar refractivity (Wildman–Crippen MR) is 46.7 cm³/mol. The quantitative estimate of drug-likeness (QED) is 0.639. The maximum atomic E-state index is 12.0. The van der Waals surface area contributed by atoms with Crippen LogP contribution in [0, 0.1) is 6.07 Å². The van der Waals surface area contributed by atoms with E-state index in [0.717, 1.165) is 10.9 Å². The third kappa shape index (κ3) is 1.09. The number of hydrogen-bond acceptors (Lipinski definition) is 0. The van der Waals surface area contributed by atoms with Gasteiger partial charge in [0.2, 0.25) is 0 Å². The number of aromatic nitrogens is 1. The van der Waals surface area contributed by atoms with Gasteiger partial charge in [0.25, 0.3) is 0 Å². The maximum Gasteiger partial charge on any atom is 0.107 e. The fraction of sp³-hybridized carbons (Fsp3) is 0.200. The lowest BCUT2D eigenvalue weighted by Crippen LogP contribution is -1.96. The Hall–Kier alpha value is -1.31. The molecular formula is C10H9FN. The number of fused-ring (bicyclic) bond motifs is 1. The Labute approximate surface area is 70.4 Å².